The van der Waals surface area contributed by atoms with Crippen molar-refractivity contribution >= 4 is 17.6 Å². The summed E-state index contributed by atoms with van der Waals surface area (Å²) in [6, 6.07) is 11.6. The molecule has 0 aliphatic carbocycles. The number of anilines is 1. The third kappa shape index (κ3) is 5.64. The van der Waals surface area contributed by atoms with Crippen LogP contribution in [0.25, 0.3) is 0 Å². The highest BCUT2D eigenvalue weighted by molar-refractivity contribution is 5.97. The van der Waals surface area contributed by atoms with Crippen LogP contribution in [0.5, 0.6) is 17.2 Å². The Bertz CT molecular complexity index is 765. The minimum atomic E-state index is -0.985. The summed E-state index contributed by atoms with van der Waals surface area (Å²) in [5.74, 6) is 0.520. The van der Waals surface area contributed by atoms with Crippen molar-refractivity contribution in [2.45, 2.75) is 20.0 Å². The Morgan fingerprint density at radius 3 is 2.07 bits per heavy atom. The fraction of sp³-hybridized carbons (Fsp3) is 0.300. The fourth-order valence-electron chi connectivity index (χ4n) is 2.25. The number of rotatable bonds is 8. The summed E-state index contributed by atoms with van der Waals surface area (Å²) >= 11 is 0. The topological polar surface area (TPSA) is 83.1 Å². The average Bonchev–Trinajstić information content (AvgIpc) is 2.69. The van der Waals surface area contributed by atoms with Gasteiger partial charge in [-0.2, -0.15) is 0 Å². The SMILES string of the molecule is CCOc1ccc(NC(=O)[C@@H](C)OC(=O)c2cc(OC)cc(OC)c2)cc1. The highest BCUT2D eigenvalue weighted by Crippen LogP contribution is 2.23. The molecule has 0 spiro atoms. The van der Waals surface area contributed by atoms with Crippen molar-refractivity contribution < 1.29 is 28.5 Å². The fourth-order valence-corrected chi connectivity index (χ4v) is 2.25. The number of methoxy groups -OCH3 is 2. The molecule has 2 aromatic rings. The van der Waals surface area contributed by atoms with E-state index in [1.165, 1.54) is 33.3 Å². The second-order valence-electron chi connectivity index (χ2n) is 5.60. The summed E-state index contributed by atoms with van der Waals surface area (Å²) in [6.07, 6.45) is -0.985. The van der Waals surface area contributed by atoms with Gasteiger partial charge in [-0.05, 0) is 50.2 Å². The van der Waals surface area contributed by atoms with E-state index in [1.807, 2.05) is 6.92 Å². The van der Waals surface area contributed by atoms with E-state index in [1.54, 1.807) is 30.3 Å². The Morgan fingerprint density at radius 1 is 0.963 bits per heavy atom. The number of carbonyl (C=O) groups excluding carboxylic acids is 2. The molecule has 0 unspecified atom stereocenters. The van der Waals surface area contributed by atoms with Crippen molar-refractivity contribution in [2.24, 2.45) is 0 Å². The summed E-state index contributed by atoms with van der Waals surface area (Å²) in [5, 5.41) is 2.69. The van der Waals surface area contributed by atoms with E-state index in [9.17, 15) is 9.59 Å². The monoisotopic (exact) mass is 373 g/mol. The molecule has 1 amide bonds. The maximum absolute atomic E-state index is 12.3. The lowest BCUT2D eigenvalue weighted by molar-refractivity contribution is -0.123. The lowest BCUT2D eigenvalue weighted by Crippen LogP contribution is -2.30. The van der Waals surface area contributed by atoms with Gasteiger partial charge in [0.1, 0.15) is 17.2 Å². The number of ether oxygens (including phenoxy) is 4. The van der Waals surface area contributed by atoms with E-state index in [0.717, 1.165) is 0 Å². The molecule has 0 aliphatic rings. The maximum Gasteiger partial charge on any atom is 0.339 e. The lowest BCUT2D eigenvalue weighted by atomic mass is 10.2. The van der Waals surface area contributed by atoms with Crippen LogP contribution in [0.1, 0.15) is 24.2 Å². The predicted molar refractivity (Wildman–Crippen MR) is 101 cm³/mol. The van der Waals surface area contributed by atoms with Gasteiger partial charge in [0.15, 0.2) is 6.10 Å². The summed E-state index contributed by atoms with van der Waals surface area (Å²) in [4.78, 5) is 24.6. The van der Waals surface area contributed by atoms with E-state index in [-0.39, 0.29) is 5.56 Å². The van der Waals surface area contributed by atoms with Gasteiger partial charge in [-0.3, -0.25) is 4.79 Å². The highest BCUT2D eigenvalue weighted by Gasteiger charge is 2.20. The Morgan fingerprint density at radius 2 is 1.56 bits per heavy atom. The van der Waals surface area contributed by atoms with Gasteiger partial charge >= 0.3 is 5.97 Å². The molecule has 0 bridgehead atoms. The third-order valence-corrected chi connectivity index (χ3v) is 3.67. The summed E-state index contributed by atoms with van der Waals surface area (Å²) in [7, 11) is 2.97. The number of hydrogen-bond donors (Lipinski definition) is 1. The molecule has 0 saturated heterocycles. The first-order chi connectivity index (χ1) is 13.0. The first kappa shape index (κ1) is 20.1. The second kappa shape index (κ2) is 9.47. The van der Waals surface area contributed by atoms with Gasteiger partial charge in [0.2, 0.25) is 0 Å². The molecule has 7 heteroatoms. The van der Waals surface area contributed by atoms with Crippen LogP contribution in [0.4, 0.5) is 5.69 Å². The predicted octanol–water partition coefficient (Wildman–Crippen LogP) is 3.29. The molecule has 144 valence electrons. The molecule has 0 aliphatic heterocycles. The van der Waals surface area contributed by atoms with Crippen LogP contribution in [0, 0.1) is 0 Å². The molecular formula is C20H23NO6. The van der Waals surface area contributed by atoms with Gasteiger partial charge in [0, 0.05) is 11.8 Å². The number of hydrogen-bond acceptors (Lipinski definition) is 6. The number of carbonyl (C=O) groups is 2. The van der Waals surface area contributed by atoms with Gasteiger partial charge in [0.05, 0.1) is 26.4 Å². The average molecular weight is 373 g/mol. The van der Waals surface area contributed by atoms with Crippen molar-refractivity contribution in [1.82, 2.24) is 0 Å². The molecule has 0 radical (unpaired) electrons. The zero-order valence-electron chi connectivity index (χ0n) is 15.8. The number of benzene rings is 2. The van der Waals surface area contributed by atoms with Crippen molar-refractivity contribution in [3.63, 3.8) is 0 Å². The zero-order valence-corrected chi connectivity index (χ0v) is 15.8. The zero-order chi connectivity index (χ0) is 19.8. The van der Waals surface area contributed by atoms with Crippen LogP contribution in [0.15, 0.2) is 42.5 Å². The number of amides is 1. The molecule has 0 fully saturated rings. The molecule has 0 saturated carbocycles. The Labute approximate surface area is 158 Å². The van der Waals surface area contributed by atoms with Crippen LogP contribution in [-0.4, -0.2) is 38.8 Å². The van der Waals surface area contributed by atoms with E-state index in [4.69, 9.17) is 18.9 Å². The smallest absolute Gasteiger partial charge is 0.339 e. The van der Waals surface area contributed by atoms with Crippen LogP contribution in [0.2, 0.25) is 0 Å². The molecule has 0 heterocycles. The van der Waals surface area contributed by atoms with E-state index < -0.39 is 18.0 Å². The van der Waals surface area contributed by atoms with Crippen molar-refractivity contribution in [2.75, 3.05) is 26.1 Å². The van der Waals surface area contributed by atoms with Gasteiger partial charge in [0.25, 0.3) is 5.91 Å². The molecular weight excluding hydrogens is 350 g/mol. The molecule has 2 aromatic carbocycles. The Kier molecular flexibility index (Phi) is 7.05. The van der Waals surface area contributed by atoms with Gasteiger partial charge in [-0.15, -0.1) is 0 Å². The third-order valence-electron chi connectivity index (χ3n) is 3.67. The van der Waals surface area contributed by atoms with Crippen LogP contribution < -0.4 is 19.5 Å². The first-order valence-electron chi connectivity index (χ1n) is 8.44. The molecule has 1 N–H and O–H groups in total. The largest absolute Gasteiger partial charge is 0.497 e. The minimum absolute atomic E-state index is 0.229. The van der Waals surface area contributed by atoms with Gasteiger partial charge in [-0.25, -0.2) is 4.79 Å². The molecule has 27 heavy (non-hydrogen) atoms. The van der Waals surface area contributed by atoms with Crippen molar-refractivity contribution in [3.8, 4) is 17.2 Å². The molecule has 0 aromatic heterocycles. The summed E-state index contributed by atoms with van der Waals surface area (Å²) in [5.41, 5.74) is 0.807. The maximum atomic E-state index is 12.3. The van der Waals surface area contributed by atoms with Gasteiger partial charge < -0.3 is 24.3 Å². The van der Waals surface area contributed by atoms with Crippen molar-refractivity contribution in [3.05, 3.63) is 48.0 Å². The van der Waals surface area contributed by atoms with Crippen LogP contribution in [0.3, 0.4) is 0 Å². The highest BCUT2D eigenvalue weighted by atomic mass is 16.5. The Balaban J connectivity index is 2.00. The van der Waals surface area contributed by atoms with Crippen LogP contribution >= 0.6 is 0 Å². The van der Waals surface area contributed by atoms with Crippen molar-refractivity contribution in [1.29, 1.82) is 0 Å². The quantitative estimate of drug-likeness (QED) is 0.715. The molecule has 7 nitrogen and oxygen atoms in total. The molecule has 2 rings (SSSR count). The second-order valence-corrected chi connectivity index (χ2v) is 5.60. The standard InChI is InChI=1S/C20H23NO6/c1-5-26-16-8-6-15(7-9-16)21-19(22)13(2)27-20(23)14-10-17(24-3)12-18(11-14)25-4/h6-13H,5H2,1-4H3,(H,21,22)/t13-/m1/s1. The summed E-state index contributed by atoms with van der Waals surface area (Å²) in [6.45, 7) is 3.95. The number of nitrogens with one attached hydrogen (secondary N) is 1. The van der Waals surface area contributed by atoms with E-state index in [0.29, 0.717) is 29.5 Å². The van der Waals surface area contributed by atoms with E-state index >= 15 is 0 Å². The van der Waals surface area contributed by atoms with Gasteiger partial charge in [-0.1, -0.05) is 0 Å². The Hall–Kier alpha value is -3.22. The molecule has 1 atom stereocenters. The van der Waals surface area contributed by atoms with E-state index in [2.05, 4.69) is 5.32 Å². The normalized spacial score (nSPS) is 11.3. The number of esters is 1. The minimum Gasteiger partial charge on any atom is -0.497 e. The summed E-state index contributed by atoms with van der Waals surface area (Å²) < 4.78 is 20.9. The lowest BCUT2D eigenvalue weighted by Gasteiger charge is -2.14. The van der Waals surface area contributed by atoms with Crippen LogP contribution in [-0.2, 0) is 9.53 Å². The first-order valence-corrected chi connectivity index (χ1v) is 8.44.